The van der Waals surface area contributed by atoms with E-state index in [1.807, 2.05) is 0 Å². The van der Waals surface area contributed by atoms with Gasteiger partial charge in [-0.1, -0.05) is 20.8 Å². The van der Waals surface area contributed by atoms with Crippen molar-refractivity contribution in [2.75, 3.05) is 26.2 Å². The minimum atomic E-state index is 0.766. The quantitative estimate of drug-likeness (QED) is 0.715. The first-order valence-electron chi connectivity index (χ1n) is 5.73. The molecule has 0 bridgehead atoms. The van der Waals surface area contributed by atoms with E-state index in [9.17, 15) is 0 Å². The third-order valence-corrected chi connectivity index (χ3v) is 3.09. The molecule has 1 N–H and O–H groups in total. The van der Waals surface area contributed by atoms with Crippen LogP contribution in [0.3, 0.4) is 0 Å². The molecule has 1 aliphatic heterocycles. The van der Waals surface area contributed by atoms with Gasteiger partial charge < -0.3 is 10.2 Å². The summed E-state index contributed by atoms with van der Waals surface area (Å²) in [6.45, 7) is 11.8. The minimum Gasteiger partial charge on any atom is -0.314 e. The van der Waals surface area contributed by atoms with E-state index in [2.05, 4.69) is 31.0 Å². The summed E-state index contributed by atoms with van der Waals surface area (Å²) in [7, 11) is 0. The highest BCUT2D eigenvalue weighted by atomic mass is 15.1. The van der Waals surface area contributed by atoms with Crippen molar-refractivity contribution in [2.45, 2.75) is 39.7 Å². The predicted molar refractivity (Wildman–Crippen MR) is 58.0 cm³/mol. The van der Waals surface area contributed by atoms with Crippen molar-refractivity contribution in [1.82, 2.24) is 10.2 Å². The molecule has 0 radical (unpaired) electrons. The zero-order chi connectivity index (χ0) is 9.68. The molecule has 1 rings (SSSR count). The van der Waals surface area contributed by atoms with Gasteiger partial charge in [-0.2, -0.15) is 0 Å². The monoisotopic (exact) mass is 184 g/mol. The zero-order valence-corrected chi connectivity index (χ0v) is 9.34. The van der Waals surface area contributed by atoms with Crippen molar-refractivity contribution in [3.8, 4) is 0 Å². The summed E-state index contributed by atoms with van der Waals surface area (Å²) >= 11 is 0. The molecular weight excluding hydrogens is 160 g/mol. The summed E-state index contributed by atoms with van der Waals surface area (Å²) in [6.07, 6.45) is 2.58. The number of piperidine rings is 1. The van der Waals surface area contributed by atoms with Gasteiger partial charge >= 0.3 is 0 Å². The van der Waals surface area contributed by atoms with E-state index in [1.54, 1.807) is 0 Å². The van der Waals surface area contributed by atoms with E-state index in [0.29, 0.717) is 0 Å². The molecule has 0 spiro atoms. The summed E-state index contributed by atoms with van der Waals surface area (Å²) in [4.78, 5) is 2.55. The van der Waals surface area contributed by atoms with Gasteiger partial charge in [0.05, 0.1) is 0 Å². The van der Waals surface area contributed by atoms with Crippen molar-refractivity contribution < 1.29 is 0 Å². The van der Waals surface area contributed by atoms with Crippen molar-refractivity contribution in [1.29, 1.82) is 0 Å². The maximum atomic E-state index is 3.64. The molecule has 2 nitrogen and oxygen atoms in total. The lowest BCUT2D eigenvalue weighted by Gasteiger charge is -2.36. The lowest BCUT2D eigenvalue weighted by Crippen LogP contribution is -2.48. The van der Waals surface area contributed by atoms with E-state index in [-0.39, 0.29) is 0 Å². The van der Waals surface area contributed by atoms with E-state index in [1.165, 1.54) is 39.0 Å². The fourth-order valence-corrected chi connectivity index (χ4v) is 2.15. The molecule has 0 aromatic rings. The molecule has 1 heterocycles. The van der Waals surface area contributed by atoms with Crippen LogP contribution < -0.4 is 5.32 Å². The molecule has 0 saturated carbocycles. The molecule has 1 fully saturated rings. The van der Waals surface area contributed by atoms with Crippen LogP contribution >= 0.6 is 0 Å². The second-order valence-corrected chi connectivity index (χ2v) is 4.22. The van der Waals surface area contributed by atoms with Crippen molar-refractivity contribution in [3.05, 3.63) is 0 Å². The van der Waals surface area contributed by atoms with Crippen molar-refractivity contribution in [2.24, 2.45) is 5.92 Å². The Morgan fingerprint density at radius 3 is 2.69 bits per heavy atom. The Balaban J connectivity index is 2.26. The van der Waals surface area contributed by atoms with Gasteiger partial charge in [-0.25, -0.2) is 0 Å². The van der Waals surface area contributed by atoms with Crippen LogP contribution in [0.15, 0.2) is 0 Å². The summed E-state index contributed by atoms with van der Waals surface area (Å²) in [5, 5.41) is 3.64. The Morgan fingerprint density at radius 1 is 1.38 bits per heavy atom. The molecule has 2 heteroatoms. The fraction of sp³-hybridized carbons (Fsp3) is 1.00. The number of nitrogens with one attached hydrogen (secondary N) is 1. The normalized spacial score (nSPS) is 30.7. The van der Waals surface area contributed by atoms with Crippen LogP contribution in [0.1, 0.15) is 33.6 Å². The highest BCUT2D eigenvalue weighted by Gasteiger charge is 2.23. The average molecular weight is 184 g/mol. The van der Waals surface area contributed by atoms with Gasteiger partial charge in [0.2, 0.25) is 0 Å². The summed E-state index contributed by atoms with van der Waals surface area (Å²) < 4.78 is 0. The molecule has 0 aromatic heterocycles. The molecule has 2 atom stereocenters. The van der Waals surface area contributed by atoms with Crippen LogP contribution in [0.25, 0.3) is 0 Å². The lowest BCUT2D eigenvalue weighted by molar-refractivity contribution is 0.154. The highest BCUT2D eigenvalue weighted by Crippen LogP contribution is 2.16. The number of likely N-dealkylation sites (tertiary alicyclic amines) is 1. The van der Waals surface area contributed by atoms with E-state index in [4.69, 9.17) is 0 Å². The van der Waals surface area contributed by atoms with Gasteiger partial charge in [-0.3, -0.25) is 0 Å². The Labute approximate surface area is 82.7 Å². The van der Waals surface area contributed by atoms with Crippen LogP contribution in [0.2, 0.25) is 0 Å². The molecule has 0 aliphatic carbocycles. The van der Waals surface area contributed by atoms with Gasteiger partial charge in [0, 0.05) is 12.6 Å². The molecule has 13 heavy (non-hydrogen) atoms. The second-order valence-electron chi connectivity index (χ2n) is 4.22. The maximum Gasteiger partial charge on any atom is 0.0117 e. The third-order valence-electron chi connectivity index (χ3n) is 3.09. The Hall–Kier alpha value is -0.0800. The van der Waals surface area contributed by atoms with Gasteiger partial charge in [0.25, 0.3) is 0 Å². The van der Waals surface area contributed by atoms with Crippen LogP contribution in [-0.4, -0.2) is 37.1 Å². The van der Waals surface area contributed by atoms with E-state index < -0.39 is 0 Å². The third kappa shape index (κ3) is 3.28. The minimum absolute atomic E-state index is 0.766. The number of rotatable bonds is 4. The number of nitrogens with zero attached hydrogens (tertiary/aromatic N) is 1. The molecule has 78 valence electrons. The zero-order valence-electron chi connectivity index (χ0n) is 9.34. The molecular formula is C11H24N2. The van der Waals surface area contributed by atoms with Crippen LogP contribution in [0.4, 0.5) is 0 Å². The Morgan fingerprint density at radius 2 is 2.15 bits per heavy atom. The first-order valence-corrected chi connectivity index (χ1v) is 5.73. The Bertz CT molecular complexity index is 136. The highest BCUT2D eigenvalue weighted by molar-refractivity contribution is 4.81. The SMILES string of the molecule is CCCNC1CCN(CC)CC1C. The first kappa shape index (κ1) is 11.0. The largest absolute Gasteiger partial charge is 0.314 e. The maximum absolute atomic E-state index is 3.64. The average Bonchev–Trinajstić information content (AvgIpc) is 2.16. The smallest absolute Gasteiger partial charge is 0.0117 e. The molecule has 0 aromatic carbocycles. The second kappa shape index (κ2) is 5.61. The van der Waals surface area contributed by atoms with E-state index >= 15 is 0 Å². The standard InChI is InChI=1S/C11H24N2/c1-4-7-12-11-6-8-13(5-2)9-10(11)3/h10-12H,4-9H2,1-3H3. The summed E-state index contributed by atoms with van der Waals surface area (Å²) in [6, 6.07) is 0.766. The van der Waals surface area contributed by atoms with Gasteiger partial charge in [0.1, 0.15) is 0 Å². The van der Waals surface area contributed by atoms with Crippen LogP contribution in [0, 0.1) is 5.92 Å². The van der Waals surface area contributed by atoms with Crippen LogP contribution in [0.5, 0.6) is 0 Å². The summed E-state index contributed by atoms with van der Waals surface area (Å²) in [5.41, 5.74) is 0. The first-order chi connectivity index (χ1) is 6.27. The number of hydrogen-bond acceptors (Lipinski definition) is 2. The Kier molecular flexibility index (Phi) is 4.74. The van der Waals surface area contributed by atoms with E-state index in [0.717, 1.165) is 12.0 Å². The topological polar surface area (TPSA) is 15.3 Å². The van der Waals surface area contributed by atoms with Crippen LogP contribution in [-0.2, 0) is 0 Å². The van der Waals surface area contributed by atoms with Crippen molar-refractivity contribution >= 4 is 0 Å². The molecule has 1 aliphatic rings. The number of hydrogen-bond donors (Lipinski definition) is 1. The predicted octanol–water partition coefficient (Wildman–Crippen LogP) is 1.72. The molecule has 0 amide bonds. The summed E-state index contributed by atoms with van der Waals surface area (Å²) in [5.74, 6) is 0.820. The van der Waals surface area contributed by atoms with Gasteiger partial charge in [-0.05, 0) is 38.4 Å². The molecule has 1 saturated heterocycles. The fourth-order valence-electron chi connectivity index (χ4n) is 2.15. The van der Waals surface area contributed by atoms with Gasteiger partial charge in [0.15, 0.2) is 0 Å². The lowest BCUT2D eigenvalue weighted by atomic mass is 9.94. The van der Waals surface area contributed by atoms with Crippen molar-refractivity contribution in [3.63, 3.8) is 0 Å². The van der Waals surface area contributed by atoms with Gasteiger partial charge in [-0.15, -0.1) is 0 Å². The molecule has 2 unspecified atom stereocenters.